The van der Waals surface area contributed by atoms with Crippen LogP contribution in [0.4, 0.5) is 4.39 Å². The van der Waals surface area contributed by atoms with Crippen LogP contribution in [0.5, 0.6) is 5.75 Å². The predicted octanol–water partition coefficient (Wildman–Crippen LogP) is 1.42. The minimum absolute atomic E-state index is 0.0903. The fourth-order valence-corrected chi connectivity index (χ4v) is 2.13. The first-order valence-corrected chi connectivity index (χ1v) is 7.96. The standard InChI is InChI=1S/C17H23FN2O5/c1-12(17(23)24)20(9-8-19-13(2)21)16(22)7-4-10-25-15-6-3-5-14(18)11-15/h3,5-6,11-12H,4,7-10H2,1-2H3,(H,19,21)(H,23,24). The van der Waals surface area contributed by atoms with Gasteiger partial charge in [0.05, 0.1) is 6.61 Å². The molecule has 1 unspecified atom stereocenters. The van der Waals surface area contributed by atoms with E-state index in [2.05, 4.69) is 5.32 Å². The van der Waals surface area contributed by atoms with Gasteiger partial charge in [0.25, 0.3) is 0 Å². The Hall–Kier alpha value is -2.64. The highest BCUT2D eigenvalue weighted by Gasteiger charge is 2.24. The molecule has 0 bridgehead atoms. The smallest absolute Gasteiger partial charge is 0.326 e. The molecule has 0 aliphatic carbocycles. The van der Waals surface area contributed by atoms with Crippen molar-refractivity contribution >= 4 is 17.8 Å². The van der Waals surface area contributed by atoms with Crippen LogP contribution in [-0.4, -0.2) is 53.5 Å². The van der Waals surface area contributed by atoms with Crippen molar-refractivity contribution in [3.05, 3.63) is 30.1 Å². The number of aliphatic carboxylic acids is 1. The number of nitrogens with zero attached hydrogens (tertiary/aromatic N) is 1. The fourth-order valence-electron chi connectivity index (χ4n) is 2.13. The lowest BCUT2D eigenvalue weighted by molar-refractivity contribution is -0.149. The van der Waals surface area contributed by atoms with Gasteiger partial charge in [-0.05, 0) is 25.5 Å². The molecule has 0 fully saturated rings. The summed E-state index contributed by atoms with van der Waals surface area (Å²) >= 11 is 0. The Morgan fingerprint density at radius 2 is 2.08 bits per heavy atom. The minimum Gasteiger partial charge on any atom is -0.493 e. The summed E-state index contributed by atoms with van der Waals surface area (Å²) in [5.41, 5.74) is 0. The topological polar surface area (TPSA) is 95.9 Å². The molecule has 0 aliphatic rings. The molecule has 0 aliphatic heterocycles. The van der Waals surface area contributed by atoms with Gasteiger partial charge in [0.15, 0.2) is 0 Å². The third-order valence-electron chi connectivity index (χ3n) is 3.47. The van der Waals surface area contributed by atoms with E-state index in [-0.39, 0.29) is 37.9 Å². The van der Waals surface area contributed by atoms with Crippen LogP contribution >= 0.6 is 0 Å². The van der Waals surface area contributed by atoms with E-state index in [9.17, 15) is 18.8 Å². The van der Waals surface area contributed by atoms with Crippen LogP contribution < -0.4 is 10.1 Å². The van der Waals surface area contributed by atoms with Crippen LogP contribution in [0.15, 0.2) is 24.3 Å². The van der Waals surface area contributed by atoms with Gasteiger partial charge in [0.1, 0.15) is 17.6 Å². The van der Waals surface area contributed by atoms with Crippen LogP contribution in [0, 0.1) is 5.82 Å². The number of amides is 2. The van der Waals surface area contributed by atoms with Crippen molar-refractivity contribution in [1.29, 1.82) is 0 Å². The number of ether oxygens (including phenoxy) is 1. The molecule has 1 aromatic rings. The summed E-state index contributed by atoms with van der Waals surface area (Å²) in [4.78, 5) is 35.5. The first kappa shape index (κ1) is 20.4. The van der Waals surface area contributed by atoms with Gasteiger partial charge in [-0.25, -0.2) is 9.18 Å². The molecule has 25 heavy (non-hydrogen) atoms. The summed E-state index contributed by atoms with van der Waals surface area (Å²) < 4.78 is 18.4. The van der Waals surface area contributed by atoms with Crippen molar-refractivity contribution in [2.75, 3.05) is 19.7 Å². The molecule has 2 N–H and O–H groups in total. The summed E-state index contributed by atoms with van der Waals surface area (Å²) in [6, 6.07) is 4.68. The van der Waals surface area contributed by atoms with Crippen molar-refractivity contribution < 1.29 is 28.6 Å². The Morgan fingerprint density at radius 1 is 1.36 bits per heavy atom. The van der Waals surface area contributed by atoms with Gasteiger partial charge in [-0.2, -0.15) is 0 Å². The maximum atomic E-state index is 13.0. The van der Waals surface area contributed by atoms with Gasteiger partial charge >= 0.3 is 5.97 Å². The Kier molecular flexibility index (Phi) is 8.38. The summed E-state index contributed by atoms with van der Waals surface area (Å²) in [6.45, 7) is 3.25. The molecule has 2 amide bonds. The normalized spacial score (nSPS) is 11.5. The van der Waals surface area contributed by atoms with E-state index >= 15 is 0 Å². The van der Waals surface area contributed by atoms with Gasteiger partial charge in [0.2, 0.25) is 11.8 Å². The zero-order chi connectivity index (χ0) is 18.8. The van der Waals surface area contributed by atoms with Crippen molar-refractivity contribution in [2.45, 2.75) is 32.7 Å². The van der Waals surface area contributed by atoms with E-state index in [0.29, 0.717) is 12.2 Å². The Bertz CT molecular complexity index is 608. The first-order valence-electron chi connectivity index (χ1n) is 7.96. The van der Waals surface area contributed by atoms with E-state index in [1.54, 1.807) is 6.07 Å². The number of carbonyl (C=O) groups excluding carboxylic acids is 2. The highest BCUT2D eigenvalue weighted by Crippen LogP contribution is 2.12. The molecule has 0 radical (unpaired) electrons. The van der Waals surface area contributed by atoms with Crippen molar-refractivity contribution in [1.82, 2.24) is 10.2 Å². The molecular formula is C17H23FN2O5. The Morgan fingerprint density at radius 3 is 2.68 bits per heavy atom. The van der Waals surface area contributed by atoms with Crippen LogP contribution in [0.2, 0.25) is 0 Å². The summed E-state index contributed by atoms with van der Waals surface area (Å²) in [5.74, 6) is -1.75. The molecule has 1 rings (SSSR count). The molecule has 7 nitrogen and oxygen atoms in total. The maximum absolute atomic E-state index is 13.0. The molecule has 0 aromatic heterocycles. The van der Waals surface area contributed by atoms with Crippen molar-refractivity contribution in [2.24, 2.45) is 0 Å². The highest BCUT2D eigenvalue weighted by atomic mass is 19.1. The molecule has 138 valence electrons. The lowest BCUT2D eigenvalue weighted by Crippen LogP contribution is -2.46. The fraction of sp³-hybridized carbons (Fsp3) is 0.471. The zero-order valence-electron chi connectivity index (χ0n) is 14.3. The molecule has 0 spiro atoms. The summed E-state index contributed by atoms with van der Waals surface area (Å²) in [7, 11) is 0. The van der Waals surface area contributed by atoms with Crippen LogP contribution in [-0.2, 0) is 14.4 Å². The van der Waals surface area contributed by atoms with Crippen LogP contribution in [0.3, 0.4) is 0 Å². The van der Waals surface area contributed by atoms with Gasteiger partial charge in [-0.15, -0.1) is 0 Å². The maximum Gasteiger partial charge on any atom is 0.326 e. The summed E-state index contributed by atoms with van der Waals surface area (Å²) in [6.07, 6.45) is 0.450. The molecule has 1 atom stereocenters. The van der Waals surface area contributed by atoms with E-state index in [1.165, 1.54) is 36.9 Å². The van der Waals surface area contributed by atoms with E-state index in [1.807, 2.05) is 0 Å². The SMILES string of the molecule is CC(=O)NCCN(C(=O)CCCOc1cccc(F)c1)C(C)C(=O)O. The number of carbonyl (C=O) groups is 3. The lowest BCUT2D eigenvalue weighted by atomic mass is 10.2. The molecular weight excluding hydrogens is 331 g/mol. The van der Waals surface area contributed by atoms with E-state index < -0.39 is 17.8 Å². The van der Waals surface area contributed by atoms with Gasteiger partial charge in [0, 0.05) is 32.5 Å². The van der Waals surface area contributed by atoms with Crippen LogP contribution in [0.25, 0.3) is 0 Å². The summed E-state index contributed by atoms with van der Waals surface area (Å²) in [5, 5.41) is 11.6. The largest absolute Gasteiger partial charge is 0.493 e. The minimum atomic E-state index is -1.12. The van der Waals surface area contributed by atoms with Gasteiger partial charge in [-0.1, -0.05) is 6.07 Å². The predicted molar refractivity (Wildman–Crippen MR) is 88.6 cm³/mol. The monoisotopic (exact) mass is 354 g/mol. The Labute approximate surface area is 145 Å². The lowest BCUT2D eigenvalue weighted by Gasteiger charge is -2.26. The molecule has 0 heterocycles. The van der Waals surface area contributed by atoms with E-state index in [0.717, 1.165) is 0 Å². The number of rotatable bonds is 10. The second-order valence-electron chi connectivity index (χ2n) is 5.49. The quantitative estimate of drug-likeness (QED) is 0.620. The number of carboxylic acid groups (broad SMARTS) is 1. The zero-order valence-corrected chi connectivity index (χ0v) is 14.3. The second kappa shape index (κ2) is 10.3. The Balaban J connectivity index is 2.47. The number of halogens is 1. The number of hydrogen-bond donors (Lipinski definition) is 2. The average Bonchev–Trinajstić information content (AvgIpc) is 2.54. The molecule has 0 saturated heterocycles. The second-order valence-corrected chi connectivity index (χ2v) is 5.49. The third-order valence-corrected chi connectivity index (χ3v) is 3.47. The van der Waals surface area contributed by atoms with Gasteiger partial charge < -0.3 is 20.1 Å². The number of benzene rings is 1. The third kappa shape index (κ3) is 7.65. The van der Waals surface area contributed by atoms with Crippen LogP contribution in [0.1, 0.15) is 26.7 Å². The molecule has 0 saturated carbocycles. The van der Waals surface area contributed by atoms with Crippen molar-refractivity contribution in [3.63, 3.8) is 0 Å². The van der Waals surface area contributed by atoms with Gasteiger partial charge in [-0.3, -0.25) is 9.59 Å². The number of nitrogens with one attached hydrogen (secondary N) is 1. The number of hydrogen-bond acceptors (Lipinski definition) is 4. The average molecular weight is 354 g/mol. The van der Waals surface area contributed by atoms with E-state index in [4.69, 9.17) is 9.84 Å². The highest BCUT2D eigenvalue weighted by molar-refractivity contribution is 5.83. The first-order chi connectivity index (χ1) is 11.8. The molecule has 1 aromatic carbocycles. The molecule has 8 heteroatoms. The van der Waals surface area contributed by atoms with Crippen molar-refractivity contribution in [3.8, 4) is 5.75 Å². The number of carboxylic acids is 1.